The second kappa shape index (κ2) is 7.44. The van der Waals surface area contributed by atoms with Gasteiger partial charge in [0.25, 0.3) is 0 Å². The molecule has 0 bridgehead atoms. The number of benzene rings is 1. The number of thiophene rings is 1. The van der Waals surface area contributed by atoms with Gasteiger partial charge in [0.1, 0.15) is 11.9 Å². The van der Waals surface area contributed by atoms with Gasteiger partial charge in [-0.25, -0.2) is 9.18 Å². The number of anilines is 1. The van der Waals surface area contributed by atoms with Gasteiger partial charge in [0, 0.05) is 11.4 Å². The molecule has 0 aliphatic carbocycles. The molecular formula is C17H18FN3O2S. The van der Waals surface area contributed by atoms with Crippen molar-refractivity contribution in [1.29, 1.82) is 0 Å². The number of amides is 3. The Hall–Kier alpha value is -2.41. The zero-order valence-corrected chi connectivity index (χ0v) is 13.8. The van der Waals surface area contributed by atoms with Crippen molar-refractivity contribution in [2.75, 3.05) is 11.9 Å². The Labute approximate surface area is 143 Å². The average Bonchev–Trinajstić information content (AvgIpc) is 3.26. The van der Waals surface area contributed by atoms with E-state index in [1.165, 1.54) is 17.0 Å². The molecule has 2 heterocycles. The van der Waals surface area contributed by atoms with Gasteiger partial charge in [0.15, 0.2) is 0 Å². The smallest absolute Gasteiger partial charge is 0.322 e. The number of para-hydroxylation sites is 1. The molecule has 1 unspecified atom stereocenters. The third kappa shape index (κ3) is 3.73. The van der Waals surface area contributed by atoms with Crippen molar-refractivity contribution in [2.45, 2.75) is 25.4 Å². The van der Waals surface area contributed by atoms with Crippen LogP contribution in [0.25, 0.3) is 0 Å². The summed E-state index contributed by atoms with van der Waals surface area (Å²) in [5.74, 6) is -0.673. The highest BCUT2D eigenvalue weighted by Crippen LogP contribution is 2.20. The summed E-state index contributed by atoms with van der Waals surface area (Å²) in [6, 6.07) is 8.89. The minimum absolute atomic E-state index is 0.118. The zero-order chi connectivity index (χ0) is 16.9. The van der Waals surface area contributed by atoms with E-state index in [4.69, 9.17) is 0 Å². The lowest BCUT2D eigenvalue weighted by Gasteiger charge is -2.24. The van der Waals surface area contributed by atoms with Gasteiger partial charge in [0.05, 0.1) is 12.2 Å². The van der Waals surface area contributed by atoms with Crippen LogP contribution in [0, 0.1) is 5.82 Å². The van der Waals surface area contributed by atoms with Crippen molar-refractivity contribution in [2.24, 2.45) is 0 Å². The van der Waals surface area contributed by atoms with Crippen molar-refractivity contribution in [3.63, 3.8) is 0 Å². The predicted molar refractivity (Wildman–Crippen MR) is 91.3 cm³/mol. The fourth-order valence-corrected chi connectivity index (χ4v) is 3.38. The molecule has 0 spiro atoms. The quantitative estimate of drug-likeness (QED) is 0.892. The third-order valence-corrected chi connectivity index (χ3v) is 4.83. The molecule has 1 aromatic heterocycles. The van der Waals surface area contributed by atoms with E-state index in [1.807, 2.05) is 17.5 Å². The molecule has 2 N–H and O–H groups in total. The largest absolute Gasteiger partial charge is 0.349 e. The Balaban J connectivity index is 1.61. The lowest BCUT2D eigenvalue weighted by Crippen LogP contribution is -2.47. The first-order chi connectivity index (χ1) is 11.6. The van der Waals surface area contributed by atoms with E-state index >= 15 is 0 Å². The number of urea groups is 1. The minimum Gasteiger partial charge on any atom is -0.349 e. The Morgan fingerprint density at radius 2 is 2.08 bits per heavy atom. The molecule has 2 aromatic rings. The van der Waals surface area contributed by atoms with Crippen LogP contribution in [0.5, 0.6) is 0 Å². The van der Waals surface area contributed by atoms with Gasteiger partial charge in [-0.1, -0.05) is 18.2 Å². The number of nitrogens with zero attached hydrogens (tertiary/aromatic N) is 1. The number of halogens is 1. The fraction of sp³-hybridized carbons (Fsp3) is 0.294. The SMILES string of the molecule is O=C(NCc1cccs1)C1CCCN1C(=O)Nc1ccccc1F. The topological polar surface area (TPSA) is 61.4 Å². The summed E-state index contributed by atoms with van der Waals surface area (Å²) in [5.41, 5.74) is 0.118. The molecule has 0 saturated carbocycles. The van der Waals surface area contributed by atoms with Crippen molar-refractivity contribution in [1.82, 2.24) is 10.2 Å². The van der Waals surface area contributed by atoms with Gasteiger partial charge in [-0.2, -0.15) is 0 Å². The van der Waals surface area contributed by atoms with Crippen molar-refractivity contribution >= 4 is 29.0 Å². The number of likely N-dealkylation sites (tertiary alicyclic amines) is 1. The molecule has 1 atom stereocenters. The maximum atomic E-state index is 13.7. The molecule has 24 heavy (non-hydrogen) atoms. The summed E-state index contributed by atoms with van der Waals surface area (Å²) in [4.78, 5) is 27.3. The van der Waals surface area contributed by atoms with Gasteiger partial charge in [0.2, 0.25) is 5.91 Å². The molecule has 7 heteroatoms. The van der Waals surface area contributed by atoms with Crippen LogP contribution in [0.15, 0.2) is 41.8 Å². The van der Waals surface area contributed by atoms with E-state index in [1.54, 1.807) is 23.5 Å². The second-order valence-corrected chi connectivity index (χ2v) is 6.59. The average molecular weight is 347 g/mol. The molecule has 1 aromatic carbocycles. The molecule has 5 nitrogen and oxygen atoms in total. The van der Waals surface area contributed by atoms with Crippen molar-refractivity contribution in [3.05, 3.63) is 52.5 Å². The van der Waals surface area contributed by atoms with E-state index in [2.05, 4.69) is 10.6 Å². The molecule has 1 aliphatic heterocycles. The van der Waals surface area contributed by atoms with Gasteiger partial charge in [-0.3, -0.25) is 4.79 Å². The number of rotatable bonds is 4. The zero-order valence-electron chi connectivity index (χ0n) is 13.0. The Bertz CT molecular complexity index is 720. The normalized spacial score (nSPS) is 16.9. The molecule has 1 fully saturated rings. The van der Waals surface area contributed by atoms with Crippen LogP contribution >= 0.6 is 11.3 Å². The molecule has 126 valence electrons. The first-order valence-electron chi connectivity index (χ1n) is 7.77. The standard InChI is InChI=1S/C17H18FN3O2S/c18-13-6-1-2-7-14(13)20-17(23)21-9-3-8-15(21)16(22)19-11-12-5-4-10-24-12/h1-2,4-7,10,15H,3,8-9,11H2,(H,19,22)(H,20,23). The molecule has 1 aliphatic rings. The summed E-state index contributed by atoms with van der Waals surface area (Å²) in [6.07, 6.45) is 1.36. The minimum atomic E-state index is -0.517. The van der Waals surface area contributed by atoms with Crippen LogP contribution in [-0.4, -0.2) is 29.4 Å². The number of carbonyl (C=O) groups excluding carboxylic acids is 2. The Morgan fingerprint density at radius 3 is 2.83 bits per heavy atom. The third-order valence-electron chi connectivity index (χ3n) is 3.95. The van der Waals surface area contributed by atoms with E-state index < -0.39 is 17.9 Å². The summed E-state index contributed by atoms with van der Waals surface area (Å²) in [5, 5.41) is 7.35. The van der Waals surface area contributed by atoms with E-state index in [9.17, 15) is 14.0 Å². The summed E-state index contributed by atoms with van der Waals surface area (Å²) in [7, 11) is 0. The molecule has 0 radical (unpaired) electrons. The van der Waals surface area contributed by atoms with Crippen LogP contribution in [0.3, 0.4) is 0 Å². The van der Waals surface area contributed by atoms with Crippen LogP contribution in [0.4, 0.5) is 14.9 Å². The molecule has 1 saturated heterocycles. The summed E-state index contributed by atoms with van der Waals surface area (Å²) >= 11 is 1.57. The first-order valence-corrected chi connectivity index (χ1v) is 8.65. The highest BCUT2D eigenvalue weighted by Gasteiger charge is 2.34. The second-order valence-electron chi connectivity index (χ2n) is 5.56. The van der Waals surface area contributed by atoms with Crippen LogP contribution < -0.4 is 10.6 Å². The van der Waals surface area contributed by atoms with Crippen LogP contribution in [0.1, 0.15) is 17.7 Å². The van der Waals surface area contributed by atoms with E-state index in [-0.39, 0.29) is 11.6 Å². The van der Waals surface area contributed by atoms with Gasteiger partial charge >= 0.3 is 6.03 Å². The summed E-state index contributed by atoms with van der Waals surface area (Å²) in [6.45, 7) is 0.938. The fourth-order valence-electron chi connectivity index (χ4n) is 2.74. The predicted octanol–water partition coefficient (Wildman–Crippen LogP) is 3.20. The van der Waals surface area contributed by atoms with E-state index in [0.29, 0.717) is 19.5 Å². The van der Waals surface area contributed by atoms with Gasteiger partial charge < -0.3 is 15.5 Å². The highest BCUT2D eigenvalue weighted by molar-refractivity contribution is 7.09. The summed E-state index contributed by atoms with van der Waals surface area (Å²) < 4.78 is 13.7. The van der Waals surface area contributed by atoms with Crippen LogP contribution in [0.2, 0.25) is 0 Å². The van der Waals surface area contributed by atoms with Crippen molar-refractivity contribution in [3.8, 4) is 0 Å². The number of hydrogen-bond acceptors (Lipinski definition) is 3. The molecule has 3 rings (SSSR count). The number of hydrogen-bond donors (Lipinski definition) is 2. The first kappa shape index (κ1) is 16.4. The maximum absolute atomic E-state index is 13.7. The van der Waals surface area contributed by atoms with E-state index in [0.717, 1.165) is 11.3 Å². The Kier molecular flexibility index (Phi) is 5.10. The molecular weight excluding hydrogens is 329 g/mol. The number of nitrogens with one attached hydrogen (secondary N) is 2. The molecule has 3 amide bonds. The maximum Gasteiger partial charge on any atom is 0.322 e. The van der Waals surface area contributed by atoms with Crippen molar-refractivity contribution < 1.29 is 14.0 Å². The van der Waals surface area contributed by atoms with Gasteiger partial charge in [-0.05, 0) is 36.4 Å². The van der Waals surface area contributed by atoms with Gasteiger partial charge in [-0.15, -0.1) is 11.3 Å². The lowest BCUT2D eigenvalue weighted by molar-refractivity contribution is -0.124. The monoisotopic (exact) mass is 347 g/mol. The Morgan fingerprint density at radius 1 is 1.25 bits per heavy atom. The lowest BCUT2D eigenvalue weighted by atomic mass is 10.2. The number of carbonyl (C=O) groups is 2. The highest BCUT2D eigenvalue weighted by atomic mass is 32.1. The van der Waals surface area contributed by atoms with Crippen LogP contribution in [-0.2, 0) is 11.3 Å².